The molecule has 0 aliphatic heterocycles. The highest BCUT2D eigenvalue weighted by atomic mass is 35.5. The molecule has 0 spiro atoms. The number of alkyl halides is 3. The molecular weight excluding hydrogens is 259 g/mol. The van der Waals surface area contributed by atoms with Gasteiger partial charge in [0.25, 0.3) is 0 Å². The van der Waals surface area contributed by atoms with Crippen LogP contribution in [-0.4, -0.2) is 13.1 Å². The standard InChI is InChI=1S/C10H12F3NS.ClH/c1-14-7-3-2-6-4-9(10(11,12)13)15-8(6)5-7;/h4,7,14H,2-3,5H2,1H3;1H. The van der Waals surface area contributed by atoms with Crippen molar-refractivity contribution >= 4 is 23.7 Å². The summed E-state index contributed by atoms with van der Waals surface area (Å²) in [5.74, 6) is 0. The van der Waals surface area contributed by atoms with Crippen LogP contribution in [0.5, 0.6) is 0 Å². The Labute approximate surface area is 102 Å². The zero-order valence-electron chi connectivity index (χ0n) is 8.73. The second-order valence-electron chi connectivity index (χ2n) is 3.79. The zero-order valence-corrected chi connectivity index (χ0v) is 10.4. The summed E-state index contributed by atoms with van der Waals surface area (Å²) in [6, 6.07) is 1.64. The Kier molecular flexibility index (Phi) is 4.26. The van der Waals surface area contributed by atoms with Crippen molar-refractivity contribution in [3.8, 4) is 0 Å². The highest BCUT2D eigenvalue weighted by Crippen LogP contribution is 2.39. The molecule has 0 amide bonds. The molecule has 1 aliphatic carbocycles. The summed E-state index contributed by atoms with van der Waals surface area (Å²) in [5, 5.41) is 3.12. The number of likely N-dealkylation sites (N-methyl/N-ethyl adjacent to an activating group) is 1. The van der Waals surface area contributed by atoms with E-state index in [0.29, 0.717) is 6.04 Å². The smallest absolute Gasteiger partial charge is 0.317 e. The molecule has 0 aromatic carbocycles. The minimum absolute atomic E-state index is 0. The van der Waals surface area contributed by atoms with E-state index in [1.807, 2.05) is 7.05 Å². The number of nitrogens with one attached hydrogen (secondary N) is 1. The molecule has 1 heterocycles. The van der Waals surface area contributed by atoms with Gasteiger partial charge in [-0.2, -0.15) is 13.2 Å². The van der Waals surface area contributed by atoms with Crippen LogP contribution in [0.15, 0.2) is 6.07 Å². The fourth-order valence-electron chi connectivity index (χ4n) is 1.89. The maximum Gasteiger partial charge on any atom is 0.425 e. The van der Waals surface area contributed by atoms with Gasteiger partial charge in [-0.1, -0.05) is 0 Å². The van der Waals surface area contributed by atoms with Crippen molar-refractivity contribution in [2.45, 2.75) is 31.5 Å². The van der Waals surface area contributed by atoms with Gasteiger partial charge < -0.3 is 5.32 Å². The number of hydrogen-bond acceptors (Lipinski definition) is 2. The first-order valence-corrected chi connectivity index (χ1v) is 5.68. The largest absolute Gasteiger partial charge is 0.425 e. The van der Waals surface area contributed by atoms with Crippen LogP contribution in [0.4, 0.5) is 13.2 Å². The molecule has 0 saturated heterocycles. The molecule has 0 saturated carbocycles. The van der Waals surface area contributed by atoms with Gasteiger partial charge in [-0.05, 0) is 37.9 Å². The Balaban J connectivity index is 0.00000128. The molecule has 2 rings (SSSR count). The fourth-order valence-corrected chi connectivity index (χ4v) is 3.05. The topological polar surface area (TPSA) is 12.0 Å². The molecule has 6 heteroatoms. The van der Waals surface area contributed by atoms with Crippen LogP contribution >= 0.6 is 23.7 Å². The summed E-state index contributed by atoms with van der Waals surface area (Å²) in [4.78, 5) is 0.442. The van der Waals surface area contributed by atoms with E-state index in [2.05, 4.69) is 5.32 Å². The van der Waals surface area contributed by atoms with E-state index in [1.165, 1.54) is 6.07 Å². The van der Waals surface area contributed by atoms with Crippen LogP contribution in [0, 0.1) is 0 Å². The van der Waals surface area contributed by atoms with Crippen molar-refractivity contribution in [2.75, 3.05) is 7.05 Å². The fraction of sp³-hybridized carbons (Fsp3) is 0.600. The van der Waals surface area contributed by atoms with Gasteiger partial charge in [0.15, 0.2) is 0 Å². The van der Waals surface area contributed by atoms with E-state index in [-0.39, 0.29) is 12.4 Å². The normalized spacial score (nSPS) is 20.1. The number of halogens is 4. The second-order valence-corrected chi connectivity index (χ2v) is 4.92. The highest BCUT2D eigenvalue weighted by Gasteiger charge is 2.34. The quantitative estimate of drug-likeness (QED) is 0.827. The average molecular weight is 272 g/mol. The van der Waals surface area contributed by atoms with Crippen LogP contribution in [0.25, 0.3) is 0 Å². The van der Waals surface area contributed by atoms with E-state index in [0.717, 1.165) is 41.0 Å². The molecule has 1 aromatic heterocycles. The molecule has 1 nitrogen and oxygen atoms in total. The minimum atomic E-state index is -4.18. The molecule has 1 atom stereocenters. The molecular formula is C10H13ClF3NS. The van der Waals surface area contributed by atoms with E-state index in [9.17, 15) is 13.2 Å². The first-order chi connectivity index (χ1) is 7.00. The van der Waals surface area contributed by atoms with E-state index < -0.39 is 11.1 Å². The minimum Gasteiger partial charge on any atom is -0.317 e. The molecule has 1 aliphatic rings. The van der Waals surface area contributed by atoms with E-state index in [1.54, 1.807) is 0 Å². The molecule has 1 N–H and O–H groups in total. The Hall–Kier alpha value is -0.260. The number of hydrogen-bond donors (Lipinski definition) is 1. The summed E-state index contributed by atoms with van der Waals surface area (Å²) >= 11 is 0.896. The van der Waals surface area contributed by atoms with Crippen LogP contribution in [0.2, 0.25) is 0 Å². The molecule has 1 unspecified atom stereocenters. The lowest BCUT2D eigenvalue weighted by Gasteiger charge is -2.20. The van der Waals surface area contributed by atoms with Gasteiger partial charge in [-0.3, -0.25) is 0 Å². The Morgan fingerprint density at radius 2 is 2.12 bits per heavy atom. The Bertz CT molecular complexity index is 361. The molecule has 92 valence electrons. The predicted molar refractivity (Wildman–Crippen MR) is 61.4 cm³/mol. The van der Waals surface area contributed by atoms with Gasteiger partial charge in [0.1, 0.15) is 4.88 Å². The summed E-state index contributed by atoms with van der Waals surface area (Å²) < 4.78 is 37.3. The van der Waals surface area contributed by atoms with Gasteiger partial charge in [-0.25, -0.2) is 0 Å². The number of fused-ring (bicyclic) bond motifs is 1. The zero-order chi connectivity index (χ0) is 11.1. The molecule has 16 heavy (non-hydrogen) atoms. The highest BCUT2D eigenvalue weighted by molar-refractivity contribution is 7.12. The first kappa shape index (κ1) is 13.8. The number of rotatable bonds is 1. The Morgan fingerprint density at radius 1 is 1.44 bits per heavy atom. The number of aryl methyl sites for hydroxylation is 1. The van der Waals surface area contributed by atoms with Crippen molar-refractivity contribution < 1.29 is 13.2 Å². The third-order valence-corrected chi connectivity index (χ3v) is 4.02. The van der Waals surface area contributed by atoms with E-state index >= 15 is 0 Å². The lowest BCUT2D eigenvalue weighted by atomic mass is 9.95. The van der Waals surface area contributed by atoms with Crippen molar-refractivity contribution in [3.05, 3.63) is 21.4 Å². The van der Waals surface area contributed by atoms with Crippen molar-refractivity contribution in [2.24, 2.45) is 0 Å². The van der Waals surface area contributed by atoms with Crippen molar-refractivity contribution in [1.29, 1.82) is 0 Å². The third-order valence-electron chi connectivity index (χ3n) is 2.78. The van der Waals surface area contributed by atoms with Crippen LogP contribution in [-0.2, 0) is 19.0 Å². The van der Waals surface area contributed by atoms with Crippen LogP contribution in [0.1, 0.15) is 21.7 Å². The van der Waals surface area contributed by atoms with Crippen LogP contribution < -0.4 is 5.32 Å². The maximum atomic E-state index is 12.4. The summed E-state index contributed by atoms with van der Waals surface area (Å²) in [5.41, 5.74) is 0.888. The van der Waals surface area contributed by atoms with Crippen molar-refractivity contribution in [3.63, 3.8) is 0 Å². The molecule has 0 fully saturated rings. The summed E-state index contributed by atoms with van der Waals surface area (Å²) in [7, 11) is 1.86. The summed E-state index contributed by atoms with van der Waals surface area (Å²) in [6.45, 7) is 0. The first-order valence-electron chi connectivity index (χ1n) is 4.86. The second kappa shape index (κ2) is 4.94. The lowest BCUT2D eigenvalue weighted by Crippen LogP contribution is -2.30. The van der Waals surface area contributed by atoms with Gasteiger partial charge >= 0.3 is 6.18 Å². The monoisotopic (exact) mass is 271 g/mol. The average Bonchev–Trinajstić information content (AvgIpc) is 2.59. The van der Waals surface area contributed by atoms with Crippen LogP contribution in [0.3, 0.4) is 0 Å². The van der Waals surface area contributed by atoms with Gasteiger partial charge in [0, 0.05) is 10.9 Å². The third kappa shape index (κ3) is 2.70. The molecule has 0 radical (unpaired) electrons. The van der Waals surface area contributed by atoms with Gasteiger partial charge in [0.05, 0.1) is 0 Å². The lowest BCUT2D eigenvalue weighted by molar-refractivity contribution is -0.134. The van der Waals surface area contributed by atoms with E-state index in [4.69, 9.17) is 0 Å². The summed E-state index contributed by atoms with van der Waals surface area (Å²) in [6.07, 6.45) is -1.77. The van der Waals surface area contributed by atoms with Gasteiger partial charge in [0.2, 0.25) is 0 Å². The Morgan fingerprint density at radius 3 is 2.69 bits per heavy atom. The van der Waals surface area contributed by atoms with Gasteiger partial charge in [-0.15, -0.1) is 23.7 Å². The number of thiophene rings is 1. The SMILES string of the molecule is CNC1CCc2cc(C(F)(F)F)sc2C1.Cl. The van der Waals surface area contributed by atoms with Crippen molar-refractivity contribution in [1.82, 2.24) is 5.32 Å². The molecule has 1 aromatic rings. The predicted octanol–water partition coefficient (Wildman–Crippen LogP) is 3.27. The molecule has 0 bridgehead atoms. The maximum absolute atomic E-state index is 12.4.